The van der Waals surface area contributed by atoms with Crippen LogP contribution in [0.1, 0.15) is 11.3 Å². The molecule has 0 amide bonds. The van der Waals surface area contributed by atoms with Crippen molar-refractivity contribution in [3.63, 3.8) is 0 Å². The largest absolute Gasteiger partial charge is 0.369 e. The first kappa shape index (κ1) is 14.0. The summed E-state index contributed by atoms with van der Waals surface area (Å²) in [7, 11) is 0. The molecule has 2 aromatic rings. The summed E-state index contributed by atoms with van der Waals surface area (Å²) in [6, 6.07) is 14.8. The molecule has 0 aliphatic carbocycles. The molecular formula is C17H22N4. The molecule has 1 aromatic carbocycles. The summed E-state index contributed by atoms with van der Waals surface area (Å²) in [6.45, 7) is 5.76. The van der Waals surface area contributed by atoms with Crippen molar-refractivity contribution in [2.75, 3.05) is 31.1 Å². The lowest BCUT2D eigenvalue weighted by Gasteiger charge is -2.36. The minimum atomic E-state index is 0.514. The first-order valence-corrected chi connectivity index (χ1v) is 7.52. The number of anilines is 1. The molecule has 1 aliphatic rings. The van der Waals surface area contributed by atoms with Crippen molar-refractivity contribution in [2.45, 2.75) is 13.1 Å². The number of pyridine rings is 1. The monoisotopic (exact) mass is 282 g/mol. The summed E-state index contributed by atoms with van der Waals surface area (Å²) >= 11 is 0. The van der Waals surface area contributed by atoms with Gasteiger partial charge in [-0.25, -0.2) is 0 Å². The fourth-order valence-electron chi connectivity index (χ4n) is 2.84. The third-order valence-electron chi connectivity index (χ3n) is 4.07. The molecule has 0 radical (unpaired) electrons. The van der Waals surface area contributed by atoms with E-state index < -0.39 is 0 Å². The predicted molar refractivity (Wildman–Crippen MR) is 86.1 cm³/mol. The quantitative estimate of drug-likeness (QED) is 0.930. The Morgan fingerprint density at radius 2 is 1.71 bits per heavy atom. The maximum atomic E-state index is 5.76. The van der Waals surface area contributed by atoms with E-state index in [4.69, 9.17) is 5.73 Å². The number of benzene rings is 1. The number of hydrogen-bond donors (Lipinski definition) is 1. The molecule has 0 saturated carbocycles. The van der Waals surface area contributed by atoms with E-state index in [1.54, 1.807) is 0 Å². The highest BCUT2D eigenvalue weighted by Crippen LogP contribution is 2.17. The molecule has 110 valence electrons. The standard InChI is InChI=1S/C17H22N4/c18-13-17-15(5-4-8-19-17)14-20-9-11-21(12-10-20)16-6-2-1-3-7-16/h1-8H,9-14,18H2. The molecule has 1 aliphatic heterocycles. The van der Waals surface area contributed by atoms with Crippen LogP contribution in [-0.4, -0.2) is 36.1 Å². The van der Waals surface area contributed by atoms with Gasteiger partial charge in [0.1, 0.15) is 0 Å². The summed E-state index contributed by atoms with van der Waals surface area (Å²) in [5.74, 6) is 0. The smallest absolute Gasteiger partial charge is 0.0584 e. The van der Waals surface area contributed by atoms with Crippen LogP contribution in [0.3, 0.4) is 0 Å². The van der Waals surface area contributed by atoms with Gasteiger partial charge in [-0.1, -0.05) is 24.3 Å². The van der Waals surface area contributed by atoms with Crippen LogP contribution in [0.25, 0.3) is 0 Å². The molecule has 1 aromatic heterocycles. The summed E-state index contributed by atoms with van der Waals surface area (Å²) < 4.78 is 0. The summed E-state index contributed by atoms with van der Waals surface area (Å²) in [5.41, 5.74) is 9.36. The van der Waals surface area contributed by atoms with Crippen molar-refractivity contribution < 1.29 is 0 Å². The SMILES string of the molecule is NCc1ncccc1CN1CCN(c2ccccc2)CC1. The fourth-order valence-corrected chi connectivity index (χ4v) is 2.84. The molecule has 0 unspecified atom stereocenters. The van der Waals surface area contributed by atoms with Crippen molar-refractivity contribution >= 4 is 5.69 Å². The molecule has 4 heteroatoms. The van der Waals surface area contributed by atoms with Gasteiger partial charge in [0.2, 0.25) is 0 Å². The molecule has 3 rings (SSSR count). The van der Waals surface area contributed by atoms with E-state index >= 15 is 0 Å². The van der Waals surface area contributed by atoms with Crippen LogP contribution in [0.5, 0.6) is 0 Å². The van der Waals surface area contributed by atoms with Crippen LogP contribution in [-0.2, 0) is 13.1 Å². The molecular weight excluding hydrogens is 260 g/mol. The molecule has 21 heavy (non-hydrogen) atoms. The Hall–Kier alpha value is -1.91. The van der Waals surface area contributed by atoms with E-state index in [0.29, 0.717) is 6.54 Å². The van der Waals surface area contributed by atoms with Crippen molar-refractivity contribution in [2.24, 2.45) is 5.73 Å². The van der Waals surface area contributed by atoms with Gasteiger partial charge in [0.05, 0.1) is 5.69 Å². The first-order valence-electron chi connectivity index (χ1n) is 7.52. The van der Waals surface area contributed by atoms with E-state index in [-0.39, 0.29) is 0 Å². The molecule has 0 spiro atoms. The molecule has 0 atom stereocenters. The van der Waals surface area contributed by atoms with Gasteiger partial charge < -0.3 is 10.6 Å². The van der Waals surface area contributed by atoms with Crippen molar-refractivity contribution in [3.05, 3.63) is 59.9 Å². The second-order valence-corrected chi connectivity index (χ2v) is 5.41. The van der Waals surface area contributed by atoms with Gasteiger partial charge in [0.15, 0.2) is 0 Å². The number of nitrogens with two attached hydrogens (primary N) is 1. The van der Waals surface area contributed by atoms with Crippen LogP contribution in [0.4, 0.5) is 5.69 Å². The van der Waals surface area contributed by atoms with Crippen LogP contribution in [0, 0.1) is 0 Å². The molecule has 4 nitrogen and oxygen atoms in total. The lowest BCUT2D eigenvalue weighted by Crippen LogP contribution is -2.46. The van der Waals surface area contributed by atoms with Gasteiger partial charge in [-0.2, -0.15) is 0 Å². The number of piperazine rings is 1. The third kappa shape index (κ3) is 3.40. The third-order valence-corrected chi connectivity index (χ3v) is 4.07. The topological polar surface area (TPSA) is 45.4 Å². The number of rotatable bonds is 4. The zero-order valence-corrected chi connectivity index (χ0v) is 12.3. The van der Waals surface area contributed by atoms with Gasteiger partial charge in [-0.05, 0) is 23.8 Å². The lowest BCUT2D eigenvalue weighted by atomic mass is 10.1. The van der Waals surface area contributed by atoms with Crippen LogP contribution < -0.4 is 10.6 Å². The number of aromatic nitrogens is 1. The van der Waals surface area contributed by atoms with E-state index in [1.807, 2.05) is 12.3 Å². The van der Waals surface area contributed by atoms with Crippen LogP contribution in [0.2, 0.25) is 0 Å². The Kier molecular flexibility index (Phi) is 4.48. The second-order valence-electron chi connectivity index (χ2n) is 5.41. The van der Waals surface area contributed by atoms with Gasteiger partial charge in [-0.15, -0.1) is 0 Å². The van der Waals surface area contributed by atoms with E-state index in [0.717, 1.165) is 38.4 Å². The van der Waals surface area contributed by atoms with E-state index in [2.05, 4.69) is 51.2 Å². The van der Waals surface area contributed by atoms with E-state index in [1.165, 1.54) is 11.3 Å². The van der Waals surface area contributed by atoms with Gasteiger partial charge in [-0.3, -0.25) is 9.88 Å². The molecule has 2 heterocycles. The molecule has 2 N–H and O–H groups in total. The Labute approximate surface area is 126 Å². The van der Waals surface area contributed by atoms with Gasteiger partial charge in [0.25, 0.3) is 0 Å². The highest BCUT2D eigenvalue weighted by molar-refractivity contribution is 5.46. The minimum absolute atomic E-state index is 0.514. The maximum Gasteiger partial charge on any atom is 0.0584 e. The van der Waals surface area contributed by atoms with Crippen LogP contribution in [0.15, 0.2) is 48.7 Å². The Morgan fingerprint density at radius 1 is 0.952 bits per heavy atom. The predicted octanol–water partition coefficient (Wildman–Crippen LogP) is 1.86. The number of nitrogens with zero attached hydrogens (tertiary/aromatic N) is 3. The Balaban J connectivity index is 1.59. The zero-order valence-electron chi connectivity index (χ0n) is 12.3. The molecule has 1 fully saturated rings. The molecule has 0 bridgehead atoms. The van der Waals surface area contributed by atoms with E-state index in [9.17, 15) is 0 Å². The second kappa shape index (κ2) is 6.70. The van der Waals surface area contributed by atoms with Crippen molar-refractivity contribution in [1.29, 1.82) is 0 Å². The minimum Gasteiger partial charge on any atom is -0.369 e. The average Bonchev–Trinajstić information content (AvgIpc) is 2.57. The van der Waals surface area contributed by atoms with Crippen molar-refractivity contribution in [3.8, 4) is 0 Å². The lowest BCUT2D eigenvalue weighted by molar-refractivity contribution is 0.249. The van der Waals surface area contributed by atoms with Gasteiger partial charge >= 0.3 is 0 Å². The highest BCUT2D eigenvalue weighted by atomic mass is 15.3. The normalized spacial score (nSPS) is 16.1. The summed E-state index contributed by atoms with van der Waals surface area (Å²) in [5, 5.41) is 0. The first-order chi connectivity index (χ1) is 10.4. The average molecular weight is 282 g/mol. The number of hydrogen-bond acceptors (Lipinski definition) is 4. The Morgan fingerprint density at radius 3 is 2.43 bits per heavy atom. The number of para-hydroxylation sites is 1. The maximum absolute atomic E-state index is 5.76. The van der Waals surface area contributed by atoms with Crippen LogP contribution >= 0.6 is 0 Å². The van der Waals surface area contributed by atoms with Crippen molar-refractivity contribution in [1.82, 2.24) is 9.88 Å². The Bertz CT molecular complexity index is 562. The van der Waals surface area contributed by atoms with Gasteiger partial charge in [0, 0.05) is 51.2 Å². The summed E-state index contributed by atoms with van der Waals surface area (Å²) in [4.78, 5) is 9.29. The molecule has 1 saturated heterocycles. The summed E-state index contributed by atoms with van der Waals surface area (Å²) in [6.07, 6.45) is 1.82. The highest BCUT2D eigenvalue weighted by Gasteiger charge is 2.17. The zero-order chi connectivity index (χ0) is 14.5. The fraction of sp³-hybridized carbons (Fsp3) is 0.353.